The van der Waals surface area contributed by atoms with Gasteiger partial charge in [0.25, 0.3) is 5.91 Å². The molecule has 0 aromatic heterocycles. The normalized spacial score (nSPS) is 13.3. The fraction of sp³-hybridized carbons (Fsp3) is 0.400. The van der Waals surface area contributed by atoms with Crippen molar-refractivity contribution in [3.8, 4) is 5.75 Å². The lowest BCUT2D eigenvalue weighted by atomic mass is 9.91. The summed E-state index contributed by atoms with van der Waals surface area (Å²) >= 11 is 0. The molecule has 0 bridgehead atoms. The molecule has 6 heteroatoms. The first-order valence-electron chi connectivity index (χ1n) is 6.96. The van der Waals surface area contributed by atoms with E-state index in [1.807, 2.05) is 0 Å². The van der Waals surface area contributed by atoms with Crippen LogP contribution in [0.2, 0.25) is 0 Å². The number of rotatable bonds is 4. The second-order valence-electron chi connectivity index (χ2n) is 4.79. The maximum absolute atomic E-state index is 11.7. The number of hydrogen-bond donors (Lipinski definition) is 2. The minimum absolute atomic E-state index is 0.150. The zero-order chi connectivity index (χ0) is 15.2. The number of ketones is 1. The van der Waals surface area contributed by atoms with Crippen LogP contribution in [0.4, 0.5) is 4.79 Å². The van der Waals surface area contributed by atoms with Crippen LogP contribution in [0.15, 0.2) is 18.2 Å². The molecule has 0 radical (unpaired) electrons. The van der Waals surface area contributed by atoms with E-state index in [4.69, 9.17) is 4.74 Å². The fourth-order valence-electron chi connectivity index (χ4n) is 2.23. The van der Waals surface area contributed by atoms with Gasteiger partial charge in [-0.15, -0.1) is 0 Å². The number of benzene rings is 1. The Hall–Kier alpha value is -2.37. The quantitative estimate of drug-likeness (QED) is 0.878. The second kappa shape index (κ2) is 6.88. The van der Waals surface area contributed by atoms with Crippen LogP contribution in [0.5, 0.6) is 5.75 Å². The van der Waals surface area contributed by atoms with E-state index in [0.29, 0.717) is 18.7 Å². The van der Waals surface area contributed by atoms with Crippen LogP contribution < -0.4 is 15.4 Å². The molecule has 1 aliphatic rings. The summed E-state index contributed by atoms with van der Waals surface area (Å²) in [5, 5.41) is 4.61. The molecule has 21 heavy (non-hydrogen) atoms. The van der Waals surface area contributed by atoms with Crippen LogP contribution in [0.3, 0.4) is 0 Å². The lowest BCUT2D eigenvalue weighted by Gasteiger charge is -2.15. The van der Waals surface area contributed by atoms with Crippen molar-refractivity contribution in [1.82, 2.24) is 10.6 Å². The monoisotopic (exact) mass is 290 g/mol. The Morgan fingerprint density at radius 2 is 2.10 bits per heavy atom. The first-order chi connectivity index (χ1) is 10.1. The van der Waals surface area contributed by atoms with Crippen LogP contribution in [0.1, 0.15) is 35.7 Å². The van der Waals surface area contributed by atoms with Gasteiger partial charge in [0, 0.05) is 18.5 Å². The molecule has 0 fully saturated rings. The van der Waals surface area contributed by atoms with Gasteiger partial charge in [-0.25, -0.2) is 4.79 Å². The van der Waals surface area contributed by atoms with E-state index >= 15 is 0 Å². The molecule has 2 N–H and O–H groups in total. The number of carbonyl (C=O) groups is 3. The average Bonchev–Trinajstić information content (AvgIpc) is 2.45. The van der Waals surface area contributed by atoms with Crippen LogP contribution in [-0.4, -0.2) is 30.9 Å². The van der Waals surface area contributed by atoms with E-state index in [-0.39, 0.29) is 12.4 Å². The number of aryl methyl sites for hydroxylation is 1. The van der Waals surface area contributed by atoms with Crippen molar-refractivity contribution in [3.63, 3.8) is 0 Å². The molecule has 1 aromatic rings. The van der Waals surface area contributed by atoms with Crippen LogP contribution in [0, 0.1) is 0 Å². The molecule has 0 saturated heterocycles. The summed E-state index contributed by atoms with van der Waals surface area (Å²) in [6, 6.07) is 4.64. The molecule has 1 aromatic carbocycles. The van der Waals surface area contributed by atoms with Gasteiger partial charge in [-0.2, -0.15) is 0 Å². The molecule has 0 aliphatic heterocycles. The van der Waals surface area contributed by atoms with E-state index < -0.39 is 11.9 Å². The third-order valence-electron chi connectivity index (χ3n) is 3.19. The van der Waals surface area contributed by atoms with Gasteiger partial charge < -0.3 is 10.1 Å². The summed E-state index contributed by atoms with van der Waals surface area (Å²) < 4.78 is 5.34. The Labute approximate surface area is 122 Å². The van der Waals surface area contributed by atoms with Gasteiger partial charge in [0.1, 0.15) is 5.75 Å². The van der Waals surface area contributed by atoms with Crippen molar-refractivity contribution >= 4 is 17.7 Å². The van der Waals surface area contributed by atoms with E-state index in [2.05, 4.69) is 10.6 Å². The summed E-state index contributed by atoms with van der Waals surface area (Å²) in [5.74, 6) is 0.154. The van der Waals surface area contributed by atoms with Crippen molar-refractivity contribution in [3.05, 3.63) is 29.3 Å². The van der Waals surface area contributed by atoms with Crippen molar-refractivity contribution in [2.45, 2.75) is 26.2 Å². The van der Waals surface area contributed by atoms with Gasteiger partial charge in [-0.1, -0.05) is 0 Å². The highest BCUT2D eigenvalue weighted by atomic mass is 16.5. The molecule has 0 saturated carbocycles. The van der Waals surface area contributed by atoms with Crippen molar-refractivity contribution in [2.75, 3.05) is 13.2 Å². The Kier molecular flexibility index (Phi) is 4.92. The third-order valence-corrected chi connectivity index (χ3v) is 3.19. The summed E-state index contributed by atoms with van der Waals surface area (Å²) in [6.45, 7) is 1.96. The summed E-state index contributed by atoms with van der Waals surface area (Å²) in [6.07, 6.45) is 2.26. The highest BCUT2D eigenvalue weighted by Gasteiger charge is 2.17. The summed E-state index contributed by atoms with van der Waals surface area (Å²) in [7, 11) is 0. The SMILES string of the molecule is CCNC(=O)NC(=O)COc1ccc2c(c1)CCCC2=O. The lowest BCUT2D eigenvalue weighted by molar-refractivity contribution is -0.122. The Balaban J connectivity index is 1.90. The average molecular weight is 290 g/mol. The smallest absolute Gasteiger partial charge is 0.321 e. The third kappa shape index (κ3) is 4.05. The molecule has 6 nitrogen and oxygen atoms in total. The lowest BCUT2D eigenvalue weighted by Crippen LogP contribution is -2.41. The van der Waals surface area contributed by atoms with E-state index in [0.717, 1.165) is 24.0 Å². The molecular formula is C15H18N2O4. The number of fused-ring (bicyclic) bond motifs is 1. The number of urea groups is 1. The standard InChI is InChI=1S/C15H18N2O4/c1-2-16-15(20)17-14(19)9-21-11-6-7-12-10(8-11)4-3-5-13(12)18/h6-8H,2-5,9H2,1H3,(H2,16,17,19,20). The highest BCUT2D eigenvalue weighted by molar-refractivity contribution is 5.98. The summed E-state index contributed by atoms with van der Waals surface area (Å²) in [5.41, 5.74) is 1.69. The predicted octanol–water partition coefficient (Wildman–Crippen LogP) is 1.43. The molecule has 1 aliphatic carbocycles. The van der Waals surface area contributed by atoms with Crippen molar-refractivity contribution in [1.29, 1.82) is 0 Å². The summed E-state index contributed by atoms with van der Waals surface area (Å²) in [4.78, 5) is 34.3. The number of ether oxygens (including phenoxy) is 1. The van der Waals surface area contributed by atoms with Crippen molar-refractivity contribution < 1.29 is 19.1 Å². The Morgan fingerprint density at radius 1 is 1.29 bits per heavy atom. The van der Waals surface area contributed by atoms with Gasteiger partial charge in [0.15, 0.2) is 12.4 Å². The van der Waals surface area contributed by atoms with Crippen molar-refractivity contribution in [2.24, 2.45) is 0 Å². The zero-order valence-electron chi connectivity index (χ0n) is 11.9. The van der Waals surface area contributed by atoms with Crippen LogP contribution in [0.25, 0.3) is 0 Å². The molecule has 0 heterocycles. The second-order valence-corrected chi connectivity index (χ2v) is 4.79. The first-order valence-corrected chi connectivity index (χ1v) is 6.96. The van der Waals surface area contributed by atoms with E-state index in [1.165, 1.54) is 0 Å². The maximum atomic E-state index is 11.7. The molecule has 112 valence electrons. The zero-order valence-corrected chi connectivity index (χ0v) is 11.9. The number of nitrogens with one attached hydrogen (secondary N) is 2. The number of imide groups is 1. The Bertz CT molecular complexity index is 569. The fourth-order valence-corrected chi connectivity index (χ4v) is 2.23. The van der Waals surface area contributed by atoms with E-state index in [9.17, 15) is 14.4 Å². The Morgan fingerprint density at radius 3 is 2.86 bits per heavy atom. The maximum Gasteiger partial charge on any atom is 0.321 e. The number of Topliss-reactive ketones (excluding diaryl/α,β-unsaturated/α-hetero) is 1. The largest absolute Gasteiger partial charge is 0.484 e. The topological polar surface area (TPSA) is 84.5 Å². The molecule has 3 amide bonds. The first kappa shape index (κ1) is 15.0. The van der Waals surface area contributed by atoms with Crippen LogP contribution in [-0.2, 0) is 11.2 Å². The number of hydrogen-bond acceptors (Lipinski definition) is 4. The van der Waals surface area contributed by atoms with Crippen LogP contribution >= 0.6 is 0 Å². The molecular weight excluding hydrogens is 272 g/mol. The molecule has 0 spiro atoms. The molecule has 0 unspecified atom stereocenters. The predicted molar refractivity (Wildman–Crippen MR) is 76.4 cm³/mol. The number of carbonyl (C=O) groups excluding carboxylic acids is 3. The van der Waals surface area contributed by atoms with Gasteiger partial charge in [0.2, 0.25) is 0 Å². The van der Waals surface area contributed by atoms with Gasteiger partial charge in [0.05, 0.1) is 0 Å². The van der Waals surface area contributed by atoms with Gasteiger partial charge >= 0.3 is 6.03 Å². The minimum atomic E-state index is -0.540. The molecule has 0 atom stereocenters. The minimum Gasteiger partial charge on any atom is -0.484 e. The number of amides is 3. The van der Waals surface area contributed by atoms with E-state index in [1.54, 1.807) is 25.1 Å². The van der Waals surface area contributed by atoms with Gasteiger partial charge in [-0.3, -0.25) is 14.9 Å². The molecule has 2 rings (SSSR count). The highest BCUT2D eigenvalue weighted by Crippen LogP contribution is 2.25. The van der Waals surface area contributed by atoms with Gasteiger partial charge in [-0.05, 0) is 43.5 Å².